The summed E-state index contributed by atoms with van der Waals surface area (Å²) in [5.41, 5.74) is 2.42. The topological polar surface area (TPSA) is 90.5 Å². The molecule has 30 heavy (non-hydrogen) atoms. The van der Waals surface area contributed by atoms with Crippen LogP contribution in [0.3, 0.4) is 0 Å². The summed E-state index contributed by atoms with van der Waals surface area (Å²) in [5, 5.41) is 11.3. The van der Waals surface area contributed by atoms with Gasteiger partial charge >= 0.3 is 0 Å². The fourth-order valence-electron chi connectivity index (χ4n) is 3.13. The fraction of sp³-hybridized carbons (Fsp3) is 0.182. The number of fused-ring (bicyclic) bond motifs is 1. The highest BCUT2D eigenvalue weighted by atomic mass is 16.5. The van der Waals surface area contributed by atoms with Crippen molar-refractivity contribution in [3.63, 3.8) is 0 Å². The number of hydrogen-bond donors (Lipinski definition) is 1. The molecule has 0 fully saturated rings. The van der Waals surface area contributed by atoms with Crippen molar-refractivity contribution in [3.8, 4) is 17.0 Å². The van der Waals surface area contributed by atoms with E-state index in [1.165, 1.54) is 10.8 Å². The molecule has 4 aromatic rings. The van der Waals surface area contributed by atoms with Gasteiger partial charge in [-0.3, -0.25) is 9.59 Å². The maximum absolute atomic E-state index is 12.8. The molecule has 1 amide bonds. The van der Waals surface area contributed by atoms with Gasteiger partial charge in [-0.15, -0.1) is 0 Å². The first-order valence-corrected chi connectivity index (χ1v) is 9.64. The van der Waals surface area contributed by atoms with Crippen LogP contribution in [0.1, 0.15) is 12.5 Å². The molecule has 4 rings (SSSR count). The van der Waals surface area contributed by atoms with Gasteiger partial charge in [0.2, 0.25) is 5.91 Å². The van der Waals surface area contributed by atoms with E-state index in [2.05, 4.69) is 15.5 Å². The summed E-state index contributed by atoms with van der Waals surface area (Å²) in [6.45, 7) is 2.57. The standard InChI is InChI=1S/C22H21N5O3/c1-2-30-20-11-7-6-10-17(20)13-23-21(28)14-26-22(29)19-12-18(25-27(19)15-24-26)16-8-4-3-5-9-16/h3-12,15H,2,13-14H2,1H3,(H,23,28). The lowest BCUT2D eigenvalue weighted by atomic mass is 10.1. The molecule has 152 valence electrons. The first-order valence-electron chi connectivity index (χ1n) is 9.64. The predicted octanol–water partition coefficient (Wildman–Crippen LogP) is 2.27. The van der Waals surface area contributed by atoms with Crippen molar-refractivity contribution < 1.29 is 9.53 Å². The van der Waals surface area contributed by atoms with Crippen LogP contribution < -0.4 is 15.6 Å². The Balaban J connectivity index is 1.49. The molecule has 0 saturated heterocycles. The van der Waals surface area contributed by atoms with Crippen molar-refractivity contribution in [1.82, 2.24) is 24.7 Å². The Morgan fingerprint density at radius 1 is 1.10 bits per heavy atom. The monoisotopic (exact) mass is 403 g/mol. The van der Waals surface area contributed by atoms with Crippen LogP contribution in [-0.2, 0) is 17.9 Å². The van der Waals surface area contributed by atoms with Gasteiger partial charge in [-0.25, -0.2) is 9.20 Å². The van der Waals surface area contributed by atoms with Crippen molar-refractivity contribution in [1.29, 1.82) is 0 Å². The number of nitrogens with zero attached hydrogens (tertiary/aromatic N) is 4. The van der Waals surface area contributed by atoms with Crippen molar-refractivity contribution in [2.75, 3.05) is 6.61 Å². The summed E-state index contributed by atoms with van der Waals surface area (Å²) >= 11 is 0. The third kappa shape index (κ3) is 4.07. The van der Waals surface area contributed by atoms with E-state index >= 15 is 0 Å². The van der Waals surface area contributed by atoms with Crippen LogP contribution in [0.4, 0.5) is 0 Å². The van der Waals surface area contributed by atoms with E-state index in [9.17, 15) is 9.59 Å². The molecule has 0 aliphatic carbocycles. The Hall–Kier alpha value is -3.94. The Labute approximate surface area is 172 Å². The molecule has 0 spiro atoms. The SMILES string of the molecule is CCOc1ccccc1CNC(=O)Cn1ncn2nc(-c3ccccc3)cc2c1=O. The Morgan fingerprint density at radius 3 is 2.67 bits per heavy atom. The number of amides is 1. The molecular formula is C22H21N5O3. The molecule has 1 N–H and O–H groups in total. The van der Waals surface area contributed by atoms with Gasteiger partial charge in [-0.05, 0) is 19.1 Å². The first kappa shape index (κ1) is 19.4. The van der Waals surface area contributed by atoms with Crippen molar-refractivity contribution in [2.24, 2.45) is 0 Å². The molecule has 2 aromatic carbocycles. The molecule has 8 heteroatoms. The number of carbonyl (C=O) groups excluding carboxylic acids is 1. The van der Waals surface area contributed by atoms with Crippen molar-refractivity contribution in [3.05, 3.63) is 82.9 Å². The number of nitrogens with one attached hydrogen (secondary N) is 1. The minimum Gasteiger partial charge on any atom is -0.494 e. The highest BCUT2D eigenvalue weighted by Crippen LogP contribution is 2.18. The highest BCUT2D eigenvalue weighted by molar-refractivity contribution is 5.75. The highest BCUT2D eigenvalue weighted by Gasteiger charge is 2.12. The molecule has 8 nitrogen and oxygen atoms in total. The summed E-state index contributed by atoms with van der Waals surface area (Å²) in [6, 6.07) is 18.8. The first-order chi connectivity index (χ1) is 14.7. The Kier molecular flexibility index (Phi) is 5.56. The third-order valence-electron chi connectivity index (χ3n) is 4.60. The van der Waals surface area contributed by atoms with E-state index in [1.807, 2.05) is 61.5 Å². The molecule has 0 aliphatic rings. The van der Waals surface area contributed by atoms with Gasteiger partial charge in [0.05, 0.1) is 12.3 Å². The van der Waals surface area contributed by atoms with Crippen molar-refractivity contribution in [2.45, 2.75) is 20.0 Å². The van der Waals surface area contributed by atoms with Gasteiger partial charge in [0.25, 0.3) is 5.56 Å². The number of benzene rings is 2. The normalized spacial score (nSPS) is 10.8. The van der Waals surface area contributed by atoms with Crippen LogP contribution in [0.15, 0.2) is 71.8 Å². The van der Waals surface area contributed by atoms with Crippen LogP contribution in [0.2, 0.25) is 0 Å². The summed E-state index contributed by atoms with van der Waals surface area (Å²) in [6.07, 6.45) is 1.43. The minimum atomic E-state index is -0.378. The molecular weight excluding hydrogens is 382 g/mol. The lowest BCUT2D eigenvalue weighted by Crippen LogP contribution is -2.34. The van der Waals surface area contributed by atoms with E-state index < -0.39 is 0 Å². The predicted molar refractivity (Wildman–Crippen MR) is 112 cm³/mol. The molecule has 0 bridgehead atoms. The quantitative estimate of drug-likeness (QED) is 0.511. The number of ether oxygens (including phenoxy) is 1. The summed E-state index contributed by atoms with van der Waals surface area (Å²) in [4.78, 5) is 25.2. The van der Waals surface area contributed by atoms with E-state index in [-0.39, 0.29) is 18.0 Å². The van der Waals surface area contributed by atoms with Crippen LogP contribution >= 0.6 is 0 Å². The third-order valence-corrected chi connectivity index (χ3v) is 4.60. The van der Waals surface area contributed by atoms with E-state index in [4.69, 9.17) is 4.74 Å². The number of para-hydroxylation sites is 1. The number of hydrogen-bond acceptors (Lipinski definition) is 5. The summed E-state index contributed by atoms with van der Waals surface area (Å²) < 4.78 is 8.13. The van der Waals surface area contributed by atoms with Crippen LogP contribution in [0.25, 0.3) is 16.8 Å². The largest absolute Gasteiger partial charge is 0.494 e. The fourth-order valence-corrected chi connectivity index (χ4v) is 3.13. The maximum atomic E-state index is 12.8. The summed E-state index contributed by atoms with van der Waals surface area (Å²) in [7, 11) is 0. The van der Waals surface area contributed by atoms with E-state index in [0.29, 0.717) is 24.4 Å². The molecule has 2 aromatic heterocycles. The lowest BCUT2D eigenvalue weighted by Gasteiger charge is -2.11. The van der Waals surface area contributed by atoms with Crippen LogP contribution in [-0.4, -0.2) is 31.9 Å². The van der Waals surface area contributed by atoms with Crippen LogP contribution in [0, 0.1) is 0 Å². The van der Waals surface area contributed by atoms with E-state index in [1.54, 1.807) is 6.07 Å². The molecule has 0 atom stereocenters. The summed E-state index contributed by atoms with van der Waals surface area (Å²) in [5.74, 6) is 0.410. The molecule has 0 radical (unpaired) electrons. The second-order valence-electron chi connectivity index (χ2n) is 6.64. The average Bonchev–Trinajstić information content (AvgIpc) is 3.21. The zero-order valence-corrected chi connectivity index (χ0v) is 16.5. The zero-order valence-electron chi connectivity index (χ0n) is 16.5. The Bertz CT molecular complexity index is 1230. The van der Waals surface area contributed by atoms with Gasteiger partial charge in [0.15, 0.2) is 0 Å². The molecule has 0 saturated carbocycles. The molecule has 2 heterocycles. The van der Waals surface area contributed by atoms with Gasteiger partial charge in [-0.2, -0.15) is 10.2 Å². The lowest BCUT2D eigenvalue weighted by molar-refractivity contribution is -0.122. The second kappa shape index (κ2) is 8.60. The van der Waals surface area contributed by atoms with Gasteiger partial charge < -0.3 is 10.1 Å². The van der Waals surface area contributed by atoms with Crippen molar-refractivity contribution >= 4 is 11.4 Å². The number of aromatic nitrogens is 4. The second-order valence-corrected chi connectivity index (χ2v) is 6.64. The number of rotatable bonds is 7. The molecule has 0 unspecified atom stereocenters. The van der Waals surface area contributed by atoms with Gasteiger partial charge in [0, 0.05) is 17.7 Å². The zero-order chi connectivity index (χ0) is 20.9. The number of carbonyl (C=O) groups is 1. The average molecular weight is 403 g/mol. The minimum absolute atomic E-state index is 0.183. The smallest absolute Gasteiger partial charge is 0.293 e. The van der Waals surface area contributed by atoms with Gasteiger partial charge in [-0.1, -0.05) is 48.5 Å². The molecule has 0 aliphatic heterocycles. The Morgan fingerprint density at radius 2 is 1.87 bits per heavy atom. The van der Waals surface area contributed by atoms with E-state index in [0.717, 1.165) is 21.6 Å². The van der Waals surface area contributed by atoms with Gasteiger partial charge in [0.1, 0.15) is 24.1 Å². The maximum Gasteiger partial charge on any atom is 0.293 e. The van der Waals surface area contributed by atoms with Crippen LogP contribution in [0.5, 0.6) is 5.75 Å².